The van der Waals surface area contributed by atoms with Gasteiger partial charge in [0, 0.05) is 18.4 Å². The zero-order chi connectivity index (χ0) is 6.81. The molecule has 1 heterocycles. The molecule has 10 heavy (non-hydrogen) atoms. The first-order chi connectivity index (χ1) is 4.97. The average Bonchev–Trinajstić information content (AvgIpc) is 2.05. The van der Waals surface area contributed by atoms with Gasteiger partial charge in [-0.3, -0.25) is 4.99 Å². The van der Waals surface area contributed by atoms with E-state index in [0.29, 0.717) is 6.61 Å². The summed E-state index contributed by atoms with van der Waals surface area (Å²) in [5, 5.41) is 0. The van der Waals surface area contributed by atoms with Gasteiger partial charge in [-0.05, 0) is 0 Å². The number of nitrogens with zero attached hydrogens (tertiary/aromatic N) is 1. The van der Waals surface area contributed by atoms with Gasteiger partial charge in [0.1, 0.15) is 12.3 Å². The Hall–Kier alpha value is -1.49. The molecule has 0 aromatic carbocycles. The number of ether oxygens (including phenoxy) is 1. The molecule has 0 spiro atoms. The Labute approximate surface area is 58.5 Å². The van der Waals surface area contributed by atoms with Gasteiger partial charge in [-0.1, -0.05) is 11.5 Å². The summed E-state index contributed by atoms with van der Waals surface area (Å²) in [5.41, 5.74) is 6.44. The van der Waals surface area contributed by atoms with Crippen LogP contribution in [-0.4, -0.2) is 12.8 Å². The first kappa shape index (κ1) is 5.31. The molecule has 0 saturated heterocycles. The second kappa shape index (κ2) is 2.03. The van der Waals surface area contributed by atoms with Gasteiger partial charge in [0.05, 0.1) is 0 Å². The average molecular weight is 131 g/mol. The van der Waals surface area contributed by atoms with Crippen molar-refractivity contribution >= 4 is 6.21 Å². The molecule has 0 aromatic rings. The Kier molecular flexibility index (Phi) is 1.08. The van der Waals surface area contributed by atoms with Crippen molar-refractivity contribution in [2.24, 2.45) is 4.99 Å². The Morgan fingerprint density at radius 1 is 1.40 bits per heavy atom. The van der Waals surface area contributed by atoms with E-state index in [1.807, 2.05) is 0 Å². The highest BCUT2D eigenvalue weighted by Gasteiger charge is 2.05. The molecule has 48 valence electrons. The highest BCUT2D eigenvalue weighted by Crippen LogP contribution is 2.14. The molecular formula is C8H5NO. The second-order valence-electron chi connectivity index (χ2n) is 1.95. The van der Waals surface area contributed by atoms with Crippen molar-refractivity contribution in [3.8, 4) is 0 Å². The van der Waals surface area contributed by atoms with Crippen molar-refractivity contribution < 1.29 is 4.74 Å². The molecule has 0 amide bonds. The Morgan fingerprint density at radius 3 is 3.20 bits per heavy atom. The molecule has 2 aliphatic rings. The monoisotopic (exact) mass is 131 g/mol. The molecule has 0 saturated carbocycles. The fourth-order valence-corrected chi connectivity index (χ4v) is 0.841. The Bertz CT molecular complexity index is 310. The van der Waals surface area contributed by atoms with Crippen molar-refractivity contribution in [1.29, 1.82) is 0 Å². The standard InChI is InChI=1S/C8H5NO/c1-2-4-8-7(3-1)9-5-6-10-8/h3-5H,6H2. The molecule has 0 atom stereocenters. The number of hydrogen-bond acceptors (Lipinski definition) is 2. The Morgan fingerprint density at radius 2 is 2.30 bits per heavy atom. The highest BCUT2D eigenvalue weighted by molar-refractivity contribution is 5.63. The lowest BCUT2D eigenvalue weighted by Crippen LogP contribution is -2.02. The van der Waals surface area contributed by atoms with Gasteiger partial charge < -0.3 is 4.74 Å². The van der Waals surface area contributed by atoms with Crippen LogP contribution < -0.4 is 0 Å². The molecule has 0 aromatic heterocycles. The van der Waals surface area contributed by atoms with Gasteiger partial charge in [0.15, 0.2) is 5.76 Å². The van der Waals surface area contributed by atoms with Crippen molar-refractivity contribution in [2.45, 2.75) is 0 Å². The third-order valence-corrected chi connectivity index (χ3v) is 1.29. The minimum Gasteiger partial charge on any atom is -0.485 e. The van der Waals surface area contributed by atoms with Crippen LogP contribution in [0.3, 0.4) is 0 Å². The third kappa shape index (κ3) is 0.725. The fourth-order valence-electron chi connectivity index (χ4n) is 0.841. The molecule has 1 aliphatic heterocycles. The van der Waals surface area contributed by atoms with E-state index in [9.17, 15) is 0 Å². The largest absolute Gasteiger partial charge is 0.485 e. The van der Waals surface area contributed by atoms with Crippen LogP contribution in [0.1, 0.15) is 0 Å². The SMILES string of the molecule is C1=C=CC2=C(C=1)N=CCO2. The van der Waals surface area contributed by atoms with Crippen molar-refractivity contribution in [3.63, 3.8) is 0 Å². The van der Waals surface area contributed by atoms with E-state index in [-0.39, 0.29) is 0 Å². The maximum absolute atomic E-state index is 5.22. The van der Waals surface area contributed by atoms with Crippen molar-refractivity contribution in [1.82, 2.24) is 0 Å². The zero-order valence-electron chi connectivity index (χ0n) is 5.29. The summed E-state index contributed by atoms with van der Waals surface area (Å²) in [7, 11) is 0. The van der Waals surface area contributed by atoms with Crippen LogP contribution in [0.25, 0.3) is 0 Å². The fraction of sp³-hybridized carbons (Fsp3) is 0.125. The summed E-state index contributed by atoms with van der Waals surface area (Å²) in [6.07, 6.45) is 5.23. The number of hydrogen-bond donors (Lipinski definition) is 0. The smallest absolute Gasteiger partial charge is 0.154 e. The predicted octanol–water partition coefficient (Wildman–Crippen LogP) is 1.18. The second-order valence-corrected chi connectivity index (χ2v) is 1.95. The quantitative estimate of drug-likeness (QED) is 0.452. The van der Waals surface area contributed by atoms with E-state index in [0.717, 1.165) is 11.5 Å². The van der Waals surface area contributed by atoms with Crippen molar-refractivity contribution in [2.75, 3.05) is 6.61 Å². The molecule has 1 aliphatic carbocycles. The normalized spacial score (nSPS) is 19.2. The molecule has 2 nitrogen and oxygen atoms in total. The minimum atomic E-state index is 0.560. The topological polar surface area (TPSA) is 21.6 Å². The van der Waals surface area contributed by atoms with Crippen LogP contribution in [0.15, 0.2) is 40.1 Å². The maximum Gasteiger partial charge on any atom is 0.154 e. The Balaban J connectivity index is 2.48. The lowest BCUT2D eigenvalue weighted by atomic mass is 10.3. The molecule has 0 fully saturated rings. The van der Waals surface area contributed by atoms with Crippen LogP contribution in [0.2, 0.25) is 0 Å². The lowest BCUT2D eigenvalue weighted by molar-refractivity contribution is 0.268. The lowest BCUT2D eigenvalue weighted by Gasteiger charge is -2.10. The minimum absolute atomic E-state index is 0.560. The van der Waals surface area contributed by atoms with Crippen LogP contribution in [0.4, 0.5) is 0 Å². The summed E-state index contributed by atoms with van der Waals surface area (Å²) >= 11 is 0. The summed E-state index contributed by atoms with van der Waals surface area (Å²) in [6, 6.07) is 0. The van der Waals surface area contributed by atoms with Crippen molar-refractivity contribution in [3.05, 3.63) is 35.1 Å². The first-order valence-corrected chi connectivity index (χ1v) is 3.04. The highest BCUT2D eigenvalue weighted by atomic mass is 16.5. The third-order valence-electron chi connectivity index (χ3n) is 1.29. The molecule has 0 bridgehead atoms. The number of rotatable bonds is 0. The van der Waals surface area contributed by atoms with Crippen LogP contribution in [0.5, 0.6) is 0 Å². The van der Waals surface area contributed by atoms with E-state index in [1.54, 1.807) is 18.4 Å². The molecule has 0 unspecified atom stereocenters. The zero-order valence-corrected chi connectivity index (χ0v) is 5.29. The van der Waals surface area contributed by atoms with Gasteiger partial charge in [0.25, 0.3) is 0 Å². The van der Waals surface area contributed by atoms with Gasteiger partial charge >= 0.3 is 0 Å². The van der Waals surface area contributed by atoms with E-state index in [4.69, 9.17) is 4.74 Å². The van der Waals surface area contributed by atoms with Crippen LogP contribution in [0, 0.1) is 0 Å². The number of allylic oxidation sites excluding steroid dienone is 2. The van der Waals surface area contributed by atoms with E-state index >= 15 is 0 Å². The van der Waals surface area contributed by atoms with Crippen LogP contribution in [-0.2, 0) is 4.74 Å². The first-order valence-electron chi connectivity index (χ1n) is 3.04. The van der Waals surface area contributed by atoms with E-state index < -0.39 is 0 Å². The molecule has 2 rings (SSSR count). The van der Waals surface area contributed by atoms with Gasteiger partial charge in [0.2, 0.25) is 0 Å². The number of aliphatic imine (C=N–C) groups is 1. The van der Waals surface area contributed by atoms with E-state index in [1.165, 1.54) is 0 Å². The molecule has 2 heteroatoms. The summed E-state index contributed by atoms with van der Waals surface area (Å²) in [6.45, 7) is 0.560. The molecule has 0 N–H and O–H groups in total. The summed E-state index contributed by atoms with van der Waals surface area (Å²) in [5.74, 6) is 0.793. The van der Waals surface area contributed by atoms with Crippen LogP contribution >= 0.6 is 0 Å². The predicted molar refractivity (Wildman–Crippen MR) is 37.6 cm³/mol. The van der Waals surface area contributed by atoms with Gasteiger partial charge in [-0.25, -0.2) is 0 Å². The maximum atomic E-state index is 5.22. The summed E-state index contributed by atoms with van der Waals surface area (Å²) in [4.78, 5) is 4.09. The molecular weight excluding hydrogens is 126 g/mol. The molecule has 0 radical (unpaired) electrons. The van der Waals surface area contributed by atoms with E-state index in [2.05, 4.69) is 16.5 Å². The van der Waals surface area contributed by atoms with Gasteiger partial charge in [-0.15, -0.1) is 0 Å². The summed E-state index contributed by atoms with van der Waals surface area (Å²) < 4.78 is 5.22. The van der Waals surface area contributed by atoms with Gasteiger partial charge in [-0.2, -0.15) is 0 Å².